The molecule has 104 valence electrons. The molecule has 1 nitrogen and oxygen atoms in total. The molecule has 0 fully saturated rings. The molecule has 1 atom stereocenters. The summed E-state index contributed by atoms with van der Waals surface area (Å²) in [6.45, 7) is 11.1. The minimum absolute atomic E-state index is 0.520. The topological polar surface area (TPSA) is 3.24 Å². The van der Waals surface area contributed by atoms with Crippen LogP contribution in [0.2, 0.25) is 0 Å². The largest absolute Gasteiger partial charge is 0.288 e. The van der Waals surface area contributed by atoms with E-state index in [4.69, 9.17) is 0 Å². The van der Waals surface area contributed by atoms with E-state index >= 15 is 0 Å². The van der Waals surface area contributed by atoms with Crippen molar-refractivity contribution in [2.45, 2.75) is 46.8 Å². The molecule has 1 unspecified atom stereocenters. The Hall–Kier alpha value is -1.60. The Labute approximate surface area is 122 Å². The monoisotopic (exact) mass is 265 g/mol. The summed E-state index contributed by atoms with van der Waals surface area (Å²) in [5.74, 6) is 0. The Kier molecular flexibility index (Phi) is 3.39. The van der Waals surface area contributed by atoms with Crippen molar-refractivity contribution in [1.82, 2.24) is 4.90 Å². The van der Waals surface area contributed by atoms with Crippen molar-refractivity contribution < 1.29 is 0 Å². The Bertz CT molecular complexity index is 619. The summed E-state index contributed by atoms with van der Waals surface area (Å²) in [6, 6.07) is 14.0. The van der Waals surface area contributed by atoms with Gasteiger partial charge in [-0.15, -0.1) is 0 Å². The maximum absolute atomic E-state index is 2.58. The Morgan fingerprint density at radius 3 is 2.35 bits per heavy atom. The number of fused-ring (bicyclic) bond motifs is 1. The van der Waals surface area contributed by atoms with Gasteiger partial charge >= 0.3 is 0 Å². The quantitative estimate of drug-likeness (QED) is 0.761. The van der Waals surface area contributed by atoms with E-state index in [-0.39, 0.29) is 0 Å². The van der Waals surface area contributed by atoms with Gasteiger partial charge in [0.1, 0.15) is 0 Å². The molecule has 2 aromatic carbocycles. The maximum Gasteiger partial charge on any atom is 0.0330 e. The number of rotatable bonds is 2. The second-order valence-corrected chi connectivity index (χ2v) is 6.16. The highest BCUT2D eigenvalue weighted by atomic mass is 15.2. The second kappa shape index (κ2) is 5.06. The standard InChI is InChI=1S/C19H23N/c1-13-9-14(2)19(15(3)10-13)12-20-11-17-7-5-6-8-18(17)16(20)4/h5-10,16H,11-12H2,1-4H3. The highest BCUT2D eigenvalue weighted by Crippen LogP contribution is 2.35. The summed E-state index contributed by atoms with van der Waals surface area (Å²) in [7, 11) is 0. The first-order valence-electron chi connectivity index (χ1n) is 7.45. The van der Waals surface area contributed by atoms with Crippen LogP contribution in [0.1, 0.15) is 46.3 Å². The lowest BCUT2D eigenvalue weighted by atomic mass is 9.99. The van der Waals surface area contributed by atoms with Crippen LogP contribution in [0.25, 0.3) is 0 Å². The summed E-state index contributed by atoms with van der Waals surface area (Å²) < 4.78 is 0. The first kappa shape index (κ1) is 13.4. The van der Waals surface area contributed by atoms with E-state index in [0.29, 0.717) is 6.04 Å². The molecular formula is C19H23N. The third-order valence-corrected chi connectivity index (χ3v) is 4.63. The lowest BCUT2D eigenvalue weighted by molar-refractivity contribution is 0.219. The summed E-state index contributed by atoms with van der Waals surface area (Å²) in [6.07, 6.45) is 0. The predicted octanol–water partition coefficient (Wildman–Crippen LogP) is 4.69. The first-order chi connectivity index (χ1) is 9.56. The van der Waals surface area contributed by atoms with Crippen LogP contribution in [-0.2, 0) is 13.1 Å². The molecule has 0 radical (unpaired) electrons. The van der Waals surface area contributed by atoms with Gasteiger partial charge in [0.05, 0.1) is 0 Å². The minimum atomic E-state index is 0.520. The highest BCUT2D eigenvalue weighted by Gasteiger charge is 2.26. The molecule has 1 heterocycles. The first-order valence-corrected chi connectivity index (χ1v) is 7.45. The Morgan fingerprint density at radius 1 is 1.05 bits per heavy atom. The molecule has 2 aromatic rings. The van der Waals surface area contributed by atoms with Crippen LogP contribution < -0.4 is 0 Å². The van der Waals surface area contributed by atoms with Crippen LogP contribution in [0.3, 0.4) is 0 Å². The molecule has 0 N–H and O–H groups in total. The lowest BCUT2D eigenvalue weighted by Crippen LogP contribution is -2.20. The van der Waals surface area contributed by atoms with Crippen molar-refractivity contribution in [3.05, 3.63) is 69.8 Å². The average Bonchev–Trinajstić information content (AvgIpc) is 2.71. The zero-order chi connectivity index (χ0) is 14.3. The van der Waals surface area contributed by atoms with Gasteiger partial charge in [0.15, 0.2) is 0 Å². The fourth-order valence-corrected chi connectivity index (χ4v) is 3.49. The van der Waals surface area contributed by atoms with Crippen molar-refractivity contribution >= 4 is 0 Å². The van der Waals surface area contributed by atoms with E-state index < -0.39 is 0 Å². The third kappa shape index (κ3) is 2.27. The molecule has 0 saturated heterocycles. The van der Waals surface area contributed by atoms with Crippen LogP contribution in [0.5, 0.6) is 0 Å². The van der Waals surface area contributed by atoms with Crippen molar-refractivity contribution in [3.8, 4) is 0 Å². The van der Waals surface area contributed by atoms with Gasteiger partial charge in [-0.1, -0.05) is 42.0 Å². The van der Waals surface area contributed by atoms with E-state index in [9.17, 15) is 0 Å². The Balaban J connectivity index is 1.88. The van der Waals surface area contributed by atoms with Crippen LogP contribution in [0, 0.1) is 20.8 Å². The van der Waals surface area contributed by atoms with Crippen molar-refractivity contribution in [1.29, 1.82) is 0 Å². The molecule has 0 amide bonds. The van der Waals surface area contributed by atoms with Crippen molar-refractivity contribution in [2.75, 3.05) is 0 Å². The maximum atomic E-state index is 2.58. The van der Waals surface area contributed by atoms with Gasteiger partial charge in [-0.05, 0) is 55.5 Å². The van der Waals surface area contributed by atoms with Crippen LogP contribution in [0.15, 0.2) is 36.4 Å². The van der Waals surface area contributed by atoms with Gasteiger partial charge in [-0.25, -0.2) is 0 Å². The lowest BCUT2D eigenvalue weighted by Gasteiger charge is -2.24. The van der Waals surface area contributed by atoms with E-state index in [0.717, 1.165) is 13.1 Å². The normalized spacial score (nSPS) is 18.3. The number of nitrogens with zero attached hydrogens (tertiary/aromatic N) is 1. The van der Waals surface area contributed by atoms with Crippen molar-refractivity contribution in [2.24, 2.45) is 0 Å². The molecule has 1 heteroatoms. The van der Waals surface area contributed by atoms with Crippen LogP contribution in [-0.4, -0.2) is 4.90 Å². The van der Waals surface area contributed by atoms with E-state index in [1.54, 1.807) is 0 Å². The molecule has 0 saturated carbocycles. The summed E-state index contributed by atoms with van der Waals surface area (Å²) in [5.41, 5.74) is 8.69. The molecule has 0 bridgehead atoms. The average molecular weight is 265 g/mol. The molecular weight excluding hydrogens is 242 g/mol. The smallest absolute Gasteiger partial charge is 0.0330 e. The number of benzene rings is 2. The zero-order valence-corrected chi connectivity index (χ0v) is 12.9. The fourth-order valence-electron chi connectivity index (χ4n) is 3.49. The van der Waals surface area contributed by atoms with Gasteiger partial charge in [0.25, 0.3) is 0 Å². The summed E-state index contributed by atoms with van der Waals surface area (Å²) in [5, 5.41) is 0. The van der Waals surface area contributed by atoms with Gasteiger partial charge < -0.3 is 0 Å². The van der Waals surface area contributed by atoms with Gasteiger partial charge in [0, 0.05) is 19.1 Å². The fraction of sp³-hybridized carbons (Fsp3) is 0.368. The number of hydrogen-bond acceptors (Lipinski definition) is 1. The summed E-state index contributed by atoms with van der Waals surface area (Å²) in [4.78, 5) is 2.58. The van der Waals surface area contributed by atoms with Crippen molar-refractivity contribution in [3.63, 3.8) is 0 Å². The van der Waals surface area contributed by atoms with E-state index in [1.807, 2.05) is 0 Å². The van der Waals surface area contributed by atoms with Gasteiger partial charge in [-0.2, -0.15) is 0 Å². The van der Waals surface area contributed by atoms with Crippen LogP contribution >= 0.6 is 0 Å². The summed E-state index contributed by atoms with van der Waals surface area (Å²) >= 11 is 0. The third-order valence-electron chi connectivity index (χ3n) is 4.63. The molecule has 1 aliphatic heterocycles. The van der Waals surface area contributed by atoms with E-state index in [1.165, 1.54) is 33.4 Å². The molecule has 3 rings (SSSR count). The zero-order valence-electron chi connectivity index (χ0n) is 12.9. The minimum Gasteiger partial charge on any atom is -0.288 e. The number of hydrogen-bond donors (Lipinski definition) is 0. The van der Waals surface area contributed by atoms with Gasteiger partial charge in [-0.3, -0.25) is 4.90 Å². The number of aryl methyl sites for hydroxylation is 3. The molecule has 1 aliphatic rings. The van der Waals surface area contributed by atoms with Crippen LogP contribution in [0.4, 0.5) is 0 Å². The SMILES string of the molecule is Cc1cc(C)c(CN2Cc3ccccc3C2C)c(C)c1. The van der Waals surface area contributed by atoms with Gasteiger partial charge in [0.2, 0.25) is 0 Å². The Morgan fingerprint density at radius 2 is 1.70 bits per heavy atom. The van der Waals surface area contributed by atoms with E-state index in [2.05, 4.69) is 69.0 Å². The predicted molar refractivity (Wildman–Crippen MR) is 84.8 cm³/mol. The molecule has 0 aliphatic carbocycles. The highest BCUT2D eigenvalue weighted by molar-refractivity contribution is 5.39. The molecule has 0 aromatic heterocycles. The molecule has 20 heavy (non-hydrogen) atoms. The second-order valence-electron chi connectivity index (χ2n) is 6.16. The molecule has 0 spiro atoms.